The fourth-order valence-electron chi connectivity index (χ4n) is 3.58. The summed E-state index contributed by atoms with van der Waals surface area (Å²) in [5.41, 5.74) is -0.278. The van der Waals surface area contributed by atoms with Crippen molar-refractivity contribution in [2.75, 3.05) is 20.6 Å². The third kappa shape index (κ3) is 4.11. The zero-order valence-electron chi connectivity index (χ0n) is 17.0. The van der Waals surface area contributed by atoms with Crippen LogP contribution in [-0.2, 0) is 19.5 Å². The molecule has 8 nitrogen and oxygen atoms in total. The number of hydrogen-bond donors (Lipinski definition) is 1. The Bertz CT molecular complexity index is 1170. The molecule has 1 aliphatic heterocycles. The van der Waals surface area contributed by atoms with E-state index in [9.17, 15) is 23.9 Å². The highest BCUT2D eigenvalue weighted by Crippen LogP contribution is 2.29. The molecule has 0 spiro atoms. The largest absolute Gasteiger partial charge is 0.502 e. The molecule has 1 aliphatic rings. The van der Waals surface area contributed by atoms with Crippen LogP contribution in [0, 0.1) is 17.1 Å². The number of rotatable bonds is 5. The van der Waals surface area contributed by atoms with Gasteiger partial charge in [0, 0.05) is 39.3 Å². The van der Waals surface area contributed by atoms with Crippen molar-refractivity contribution < 1.29 is 19.1 Å². The molecule has 1 aromatic carbocycles. The van der Waals surface area contributed by atoms with E-state index in [4.69, 9.17) is 16.9 Å². The van der Waals surface area contributed by atoms with E-state index in [1.54, 1.807) is 0 Å². The molecule has 0 saturated heterocycles. The van der Waals surface area contributed by atoms with Gasteiger partial charge in [-0.2, -0.15) is 5.26 Å². The number of pyridine rings is 1. The summed E-state index contributed by atoms with van der Waals surface area (Å²) < 4.78 is 14.5. The number of carbonyl (C=O) groups excluding carboxylic acids is 2. The third-order valence-electron chi connectivity index (χ3n) is 5.09. The standard InChI is InChI=1S/C21H20ClFN4O4/c1-25(2)20(30)17-13-6-9-26(11-12-4-5-15(23)14(22)10-12)19(29)16(13)18(28)21(31)27(17)8-3-7-24/h4-5,10,28H,3,6,8-9,11H2,1-2H3. The molecule has 2 amide bonds. The Morgan fingerprint density at radius 1 is 1.35 bits per heavy atom. The predicted molar refractivity (Wildman–Crippen MR) is 110 cm³/mol. The van der Waals surface area contributed by atoms with Crippen LogP contribution in [0.15, 0.2) is 23.0 Å². The van der Waals surface area contributed by atoms with Gasteiger partial charge >= 0.3 is 0 Å². The number of carbonyl (C=O) groups is 2. The van der Waals surface area contributed by atoms with Crippen LogP contribution in [0.3, 0.4) is 0 Å². The second kappa shape index (κ2) is 8.78. The van der Waals surface area contributed by atoms with Crippen LogP contribution < -0.4 is 5.56 Å². The average molecular weight is 447 g/mol. The summed E-state index contributed by atoms with van der Waals surface area (Å²) in [4.78, 5) is 41.4. The van der Waals surface area contributed by atoms with Crippen LogP contribution in [0.1, 0.15) is 38.4 Å². The molecule has 0 aliphatic carbocycles. The van der Waals surface area contributed by atoms with Crippen molar-refractivity contribution in [3.63, 3.8) is 0 Å². The Morgan fingerprint density at radius 2 is 2.06 bits per heavy atom. The first-order chi connectivity index (χ1) is 14.7. The molecule has 0 radical (unpaired) electrons. The van der Waals surface area contributed by atoms with Crippen LogP contribution >= 0.6 is 11.6 Å². The van der Waals surface area contributed by atoms with Gasteiger partial charge in [0.2, 0.25) is 0 Å². The fraction of sp³-hybridized carbons (Fsp3) is 0.333. The highest BCUT2D eigenvalue weighted by Gasteiger charge is 2.35. The Kier molecular flexibility index (Phi) is 6.32. The molecule has 2 aromatic rings. The SMILES string of the molecule is CN(C)C(=O)c1c2c(c(O)c(=O)n1CCC#N)C(=O)N(Cc1ccc(F)c(Cl)c1)CC2. The van der Waals surface area contributed by atoms with Crippen molar-refractivity contribution in [3.05, 3.63) is 61.8 Å². The Balaban J connectivity index is 2.09. The summed E-state index contributed by atoms with van der Waals surface area (Å²) in [7, 11) is 3.02. The van der Waals surface area contributed by atoms with E-state index in [0.29, 0.717) is 5.56 Å². The molecule has 1 N–H and O–H groups in total. The lowest BCUT2D eigenvalue weighted by Gasteiger charge is -2.31. The zero-order chi connectivity index (χ0) is 22.9. The zero-order valence-corrected chi connectivity index (χ0v) is 17.7. The third-order valence-corrected chi connectivity index (χ3v) is 5.38. The normalized spacial score (nSPS) is 13.0. The van der Waals surface area contributed by atoms with Gasteiger partial charge in [-0.05, 0) is 24.1 Å². The summed E-state index contributed by atoms with van der Waals surface area (Å²) >= 11 is 5.81. The summed E-state index contributed by atoms with van der Waals surface area (Å²) in [6.07, 6.45) is 0.169. The Hall–Kier alpha value is -3.38. The number of aromatic nitrogens is 1. The molecular formula is C21H20ClFN4O4. The number of aromatic hydroxyl groups is 1. The van der Waals surface area contributed by atoms with E-state index in [0.717, 1.165) is 4.57 Å². The molecule has 0 unspecified atom stereocenters. The van der Waals surface area contributed by atoms with Gasteiger partial charge in [0.1, 0.15) is 11.5 Å². The summed E-state index contributed by atoms with van der Waals surface area (Å²) in [6, 6.07) is 6.00. The number of benzene rings is 1. The lowest BCUT2D eigenvalue weighted by molar-refractivity contribution is 0.0719. The highest BCUT2D eigenvalue weighted by atomic mass is 35.5. The van der Waals surface area contributed by atoms with Crippen LogP contribution in [0.4, 0.5) is 4.39 Å². The van der Waals surface area contributed by atoms with Crippen LogP contribution in [-0.4, -0.2) is 51.9 Å². The van der Waals surface area contributed by atoms with Gasteiger partial charge in [0.25, 0.3) is 17.4 Å². The van der Waals surface area contributed by atoms with Gasteiger partial charge in [-0.3, -0.25) is 19.0 Å². The van der Waals surface area contributed by atoms with E-state index in [1.165, 1.54) is 42.1 Å². The van der Waals surface area contributed by atoms with E-state index in [2.05, 4.69) is 0 Å². The second-order valence-electron chi connectivity index (χ2n) is 7.34. The second-order valence-corrected chi connectivity index (χ2v) is 7.75. The maximum Gasteiger partial charge on any atom is 0.294 e. The van der Waals surface area contributed by atoms with Crippen molar-refractivity contribution in [1.82, 2.24) is 14.4 Å². The molecule has 3 rings (SSSR count). The van der Waals surface area contributed by atoms with Crippen molar-refractivity contribution >= 4 is 23.4 Å². The molecule has 31 heavy (non-hydrogen) atoms. The molecule has 0 saturated carbocycles. The Morgan fingerprint density at radius 3 is 2.68 bits per heavy atom. The summed E-state index contributed by atoms with van der Waals surface area (Å²) in [6.45, 7) is 0.216. The van der Waals surface area contributed by atoms with Gasteiger partial charge in [-0.1, -0.05) is 17.7 Å². The van der Waals surface area contributed by atoms with Crippen molar-refractivity contribution in [3.8, 4) is 11.8 Å². The first-order valence-electron chi connectivity index (χ1n) is 9.47. The molecule has 10 heteroatoms. The van der Waals surface area contributed by atoms with Gasteiger partial charge < -0.3 is 14.9 Å². The summed E-state index contributed by atoms with van der Waals surface area (Å²) in [5.74, 6) is -2.45. The quantitative estimate of drug-likeness (QED) is 0.757. The maximum absolute atomic E-state index is 13.4. The number of fused-ring (bicyclic) bond motifs is 1. The lowest BCUT2D eigenvalue weighted by atomic mass is 9.95. The molecular weight excluding hydrogens is 427 g/mol. The minimum absolute atomic E-state index is 0.00382. The van der Waals surface area contributed by atoms with Crippen LogP contribution in [0.5, 0.6) is 5.75 Å². The molecule has 0 bridgehead atoms. The van der Waals surface area contributed by atoms with Gasteiger partial charge in [0.15, 0.2) is 5.75 Å². The minimum atomic E-state index is -0.903. The fourth-order valence-corrected chi connectivity index (χ4v) is 3.78. The first-order valence-corrected chi connectivity index (χ1v) is 9.85. The number of hydrogen-bond acceptors (Lipinski definition) is 5. The van der Waals surface area contributed by atoms with Crippen molar-refractivity contribution in [2.45, 2.75) is 25.9 Å². The molecule has 162 valence electrons. The van der Waals surface area contributed by atoms with E-state index in [1.807, 2.05) is 6.07 Å². The van der Waals surface area contributed by atoms with Crippen LogP contribution in [0.25, 0.3) is 0 Å². The molecule has 1 aromatic heterocycles. The number of halogens is 2. The van der Waals surface area contributed by atoms with Gasteiger partial charge in [0.05, 0.1) is 23.1 Å². The maximum atomic E-state index is 13.4. The average Bonchev–Trinajstić information content (AvgIpc) is 2.73. The number of amides is 2. The predicted octanol–water partition coefficient (Wildman–Crippen LogP) is 2.16. The molecule has 0 fully saturated rings. The number of nitrogens with zero attached hydrogens (tertiary/aromatic N) is 4. The number of nitriles is 1. The molecule has 0 atom stereocenters. The Labute approximate surface area is 182 Å². The van der Waals surface area contributed by atoms with E-state index >= 15 is 0 Å². The molecule has 2 heterocycles. The highest BCUT2D eigenvalue weighted by molar-refractivity contribution is 6.30. The lowest BCUT2D eigenvalue weighted by Crippen LogP contribution is -2.42. The van der Waals surface area contributed by atoms with Crippen LogP contribution in [0.2, 0.25) is 5.02 Å². The van der Waals surface area contributed by atoms with E-state index < -0.39 is 28.9 Å². The smallest absolute Gasteiger partial charge is 0.294 e. The summed E-state index contributed by atoms with van der Waals surface area (Å²) in [5, 5.41) is 19.4. The van der Waals surface area contributed by atoms with Crippen molar-refractivity contribution in [1.29, 1.82) is 5.26 Å². The monoisotopic (exact) mass is 446 g/mol. The first kappa shape index (κ1) is 22.3. The minimum Gasteiger partial charge on any atom is -0.502 e. The van der Waals surface area contributed by atoms with Gasteiger partial charge in [-0.15, -0.1) is 0 Å². The van der Waals surface area contributed by atoms with Crippen molar-refractivity contribution in [2.24, 2.45) is 0 Å². The topological polar surface area (TPSA) is 107 Å². The van der Waals surface area contributed by atoms with E-state index in [-0.39, 0.29) is 54.3 Å². The van der Waals surface area contributed by atoms with Gasteiger partial charge in [-0.25, -0.2) is 4.39 Å².